The van der Waals surface area contributed by atoms with E-state index < -0.39 is 11.8 Å². The minimum absolute atomic E-state index is 0.186. The zero-order chi connectivity index (χ0) is 11.3. The molecule has 1 rings (SSSR count). The lowest BCUT2D eigenvalue weighted by Gasteiger charge is -2.12. The molecule has 0 aromatic rings. The smallest absolute Gasteiger partial charge is 0.254 e. The predicted molar refractivity (Wildman–Crippen MR) is 53.8 cm³/mol. The number of unbranched alkanes of at least 4 members (excludes halogenated alkanes) is 1. The topological polar surface area (TPSA) is 66.5 Å². The second-order valence-electron chi connectivity index (χ2n) is 3.30. The Morgan fingerprint density at radius 1 is 1.33 bits per heavy atom. The summed E-state index contributed by atoms with van der Waals surface area (Å²) in [6.45, 7) is 2.41. The van der Waals surface area contributed by atoms with Crippen molar-refractivity contribution in [2.45, 2.75) is 19.8 Å². The Hall–Kier alpha value is -1.65. The highest BCUT2D eigenvalue weighted by molar-refractivity contribution is 6.14. The predicted octanol–water partition coefficient (Wildman–Crippen LogP) is -0.172. The largest absolute Gasteiger partial charge is 0.355 e. The van der Waals surface area contributed by atoms with Crippen molar-refractivity contribution in [3.05, 3.63) is 12.2 Å². The first kappa shape index (κ1) is 11.4. The number of hydrogen-bond acceptors (Lipinski definition) is 3. The van der Waals surface area contributed by atoms with Gasteiger partial charge >= 0.3 is 0 Å². The molecule has 0 fully saturated rings. The van der Waals surface area contributed by atoms with Gasteiger partial charge in [0.15, 0.2) is 0 Å². The summed E-state index contributed by atoms with van der Waals surface area (Å²) >= 11 is 0. The van der Waals surface area contributed by atoms with Gasteiger partial charge in [0.05, 0.1) is 0 Å². The van der Waals surface area contributed by atoms with E-state index in [1.165, 1.54) is 12.2 Å². The average molecular weight is 210 g/mol. The minimum Gasteiger partial charge on any atom is -0.355 e. The van der Waals surface area contributed by atoms with Gasteiger partial charge in [0.2, 0.25) is 5.91 Å². The summed E-state index contributed by atoms with van der Waals surface area (Å²) in [4.78, 5) is 34.4. The van der Waals surface area contributed by atoms with Crippen LogP contribution in [-0.2, 0) is 14.4 Å². The summed E-state index contributed by atoms with van der Waals surface area (Å²) in [7, 11) is 0. The molecule has 0 atom stereocenters. The summed E-state index contributed by atoms with van der Waals surface area (Å²) in [6, 6.07) is 0. The molecule has 0 aromatic heterocycles. The normalized spacial score (nSPS) is 14.9. The number of amides is 3. The van der Waals surface area contributed by atoms with Crippen molar-refractivity contribution in [2.24, 2.45) is 0 Å². The quantitative estimate of drug-likeness (QED) is 0.506. The first-order valence-electron chi connectivity index (χ1n) is 4.95. The molecule has 1 aliphatic heterocycles. The van der Waals surface area contributed by atoms with E-state index in [1.807, 2.05) is 6.92 Å². The van der Waals surface area contributed by atoms with Crippen LogP contribution < -0.4 is 5.32 Å². The highest BCUT2D eigenvalue weighted by Crippen LogP contribution is 2.02. The minimum atomic E-state index is -0.425. The third-order valence-corrected chi connectivity index (χ3v) is 2.05. The number of nitrogens with zero attached hydrogens (tertiary/aromatic N) is 1. The highest BCUT2D eigenvalue weighted by Gasteiger charge is 2.25. The standard InChI is InChI=1S/C10H14N2O3/c1-2-3-6-11-8(13)7-12-9(14)4-5-10(12)15/h4-5H,2-3,6-7H2,1H3,(H,11,13). The number of nitrogens with one attached hydrogen (secondary N) is 1. The van der Waals surface area contributed by atoms with Crippen LogP contribution in [0.25, 0.3) is 0 Å². The van der Waals surface area contributed by atoms with E-state index >= 15 is 0 Å². The molecule has 0 unspecified atom stereocenters. The van der Waals surface area contributed by atoms with Crippen LogP contribution in [0.5, 0.6) is 0 Å². The molecule has 0 spiro atoms. The molecule has 0 saturated carbocycles. The van der Waals surface area contributed by atoms with Crippen molar-refractivity contribution < 1.29 is 14.4 Å². The Morgan fingerprint density at radius 2 is 1.93 bits per heavy atom. The third kappa shape index (κ3) is 3.19. The van der Waals surface area contributed by atoms with Crippen LogP contribution in [0.3, 0.4) is 0 Å². The molecule has 0 aromatic carbocycles. The first-order chi connectivity index (χ1) is 7.15. The summed E-state index contributed by atoms with van der Waals surface area (Å²) in [5.41, 5.74) is 0. The van der Waals surface area contributed by atoms with Gasteiger partial charge < -0.3 is 5.32 Å². The molecular weight excluding hydrogens is 196 g/mol. The molecule has 5 nitrogen and oxygen atoms in total. The van der Waals surface area contributed by atoms with E-state index in [0.29, 0.717) is 6.54 Å². The zero-order valence-electron chi connectivity index (χ0n) is 8.66. The second kappa shape index (κ2) is 5.29. The fraction of sp³-hybridized carbons (Fsp3) is 0.500. The van der Waals surface area contributed by atoms with Gasteiger partial charge in [0.1, 0.15) is 6.54 Å². The lowest BCUT2D eigenvalue weighted by atomic mass is 10.3. The zero-order valence-corrected chi connectivity index (χ0v) is 8.66. The van der Waals surface area contributed by atoms with Gasteiger partial charge in [0.25, 0.3) is 11.8 Å². The third-order valence-electron chi connectivity index (χ3n) is 2.05. The average Bonchev–Trinajstić information content (AvgIpc) is 2.50. The Labute approximate surface area is 88.1 Å². The fourth-order valence-corrected chi connectivity index (χ4v) is 1.19. The molecule has 1 aliphatic rings. The van der Waals surface area contributed by atoms with Gasteiger partial charge in [-0.2, -0.15) is 0 Å². The lowest BCUT2D eigenvalue weighted by Crippen LogP contribution is -2.40. The summed E-state index contributed by atoms with van der Waals surface area (Å²) in [6.07, 6.45) is 4.22. The summed E-state index contributed by atoms with van der Waals surface area (Å²) in [5, 5.41) is 2.64. The molecular formula is C10H14N2O3. The van der Waals surface area contributed by atoms with E-state index in [4.69, 9.17) is 0 Å². The number of carbonyl (C=O) groups is 3. The van der Waals surface area contributed by atoms with Crippen LogP contribution in [0.4, 0.5) is 0 Å². The van der Waals surface area contributed by atoms with Crippen molar-refractivity contribution in [2.75, 3.05) is 13.1 Å². The first-order valence-corrected chi connectivity index (χ1v) is 4.95. The van der Waals surface area contributed by atoms with E-state index in [-0.39, 0.29) is 12.5 Å². The second-order valence-corrected chi connectivity index (χ2v) is 3.30. The molecule has 5 heteroatoms. The summed E-state index contributed by atoms with van der Waals surface area (Å²) in [5.74, 6) is -1.15. The van der Waals surface area contributed by atoms with Crippen LogP contribution in [0.1, 0.15) is 19.8 Å². The van der Waals surface area contributed by atoms with Crippen LogP contribution in [-0.4, -0.2) is 35.7 Å². The molecule has 0 saturated heterocycles. The lowest BCUT2D eigenvalue weighted by molar-refractivity contribution is -0.141. The van der Waals surface area contributed by atoms with Gasteiger partial charge in [0, 0.05) is 18.7 Å². The Morgan fingerprint density at radius 3 is 2.47 bits per heavy atom. The van der Waals surface area contributed by atoms with Crippen LogP contribution in [0.2, 0.25) is 0 Å². The van der Waals surface area contributed by atoms with Gasteiger partial charge in [-0.1, -0.05) is 13.3 Å². The Balaban J connectivity index is 2.32. The molecule has 0 aliphatic carbocycles. The molecule has 1 heterocycles. The molecule has 15 heavy (non-hydrogen) atoms. The Kier molecular flexibility index (Phi) is 4.03. The van der Waals surface area contributed by atoms with Gasteiger partial charge in [-0.15, -0.1) is 0 Å². The number of rotatable bonds is 5. The van der Waals surface area contributed by atoms with Crippen molar-refractivity contribution in [1.29, 1.82) is 0 Å². The number of hydrogen-bond donors (Lipinski definition) is 1. The maximum atomic E-state index is 11.3. The molecule has 82 valence electrons. The fourth-order valence-electron chi connectivity index (χ4n) is 1.19. The van der Waals surface area contributed by atoms with Crippen LogP contribution >= 0.6 is 0 Å². The summed E-state index contributed by atoms with van der Waals surface area (Å²) < 4.78 is 0. The van der Waals surface area contributed by atoms with Crippen molar-refractivity contribution in [3.8, 4) is 0 Å². The van der Waals surface area contributed by atoms with E-state index in [9.17, 15) is 14.4 Å². The van der Waals surface area contributed by atoms with E-state index in [1.54, 1.807) is 0 Å². The van der Waals surface area contributed by atoms with Crippen molar-refractivity contribution in [1.82, 2.24) is 10.2 Å². The number of carbonyl (C=O) groups excluding carboxylic acids is 3. The van der Waals surface area contributed by atoms with E-state index in [0.717, 1.165) is 17.7 Å². The molecule has 3 amide bonds. The van der Waals surface area contributed by atoms with Crippen molar-refractivity contribution >= 4 is 17.7 Å². The monoisotopic (exact) mass is 210 g/mol. The maximum absolute atomic E-state index is 11.3. The molecule has 0 radical (unpaired) electrons. The highest BCUT2D eigenvalue weighted by atomic mass is 16.2. The molecule has 0 bridgehead atoms. The van der Waals surface area contributed by atoms with Crippen LogP contribution in [0, 0.1) is 0 Å². The maximum Gasteiger partial charge on any atom is 0.254 e. The van der Waals surface area contributed by atoms with Crippen molar-refractivity contribution in [3.63, 3.8) is 0 Å². The number of imide groups is 1. The SMILES string of the molecule is CCCCNC(=O)CN1C(=O)C=CC1=O. The van der Waals surface area contributed by atoms with E-state index in [2.05, 4.69) is 5.32 Å². The Bertz CT molecular complexity index is 292. The molecule has 1 N–H and O–H groups in total. The van der Waals surface area contributed by atoms with Crippen LogP contribution in [0.15, 0.2) is 12.2 Å². The van der Waals surface area contributed by atoms with Gasteiger partial charge in [-0.05, 0) is 6.42 Å². The van der Waals surface area contributed by atoms with Gasteiger partial charge in [-0.3, -0.25) is 19.3 Å². The van der Waals surface area contributed by atoms with Gasteiger partial charge in [-0.25, -0.2) is 0 Å².